The molecule has 5 heteroatoms. The minimum atomic E-state index is -0.0435. The van der Waals surface area contributed by atoms with Crippen molar-refractivity contribution >= 4 is 11.7 Å². The first-order valence-corrected chi connectivity index (χ1v) is 7.63. The fourth-order valence-corrected chi connectivity index (χ4v) is 2.67. The average molecular weight is 299 g/mol. The maximum Gasteiger partial charge on any atom is 0.229 e. The number of ether oxygens (including phenoxy) is 1. The van der Waals surface area contributed by atoms with E-state index in [4.69, 9.17) is 4.74 Å². The summed E-state index contributed by atoms with van der Waals surface area (Å²) in [5, 5.41) is 7.31. The average Bonchev–Trinajstić information content (AvgIpc) is 3.27. The zero-order valence-electron chi connectivity index (χ0n) is 13.0. The van der Waals surface area contributed by atoms with Crippen molar-refractivity contribution in [3.8, 4) is 5.75 Å². The molecule has 22 heavy (non-hydrogen) atoms. The number of rotatable bonds is 6. The second-order valence-corrected chi connectivity index (χ2v) is 5.82. The van der Waals surface area contributed by atoms with Crippen LogP contribution in [0.2, 0.25) is 0 Å². The normalized spacial score (nSPS) is 15.4. The van der Waals surface area contributed by atoms with Crippen LogP contribution in [-0.2, 0) is 11.2 Å². The number of hydrogen-bond acceptors (Lipinski definition) is 3. The monoisotopic (exact) mass is 299 g/mol. The third kappa shape index (κ3) is 3.30. The van der Waals surface area contributed by atoms with E-state index in [0.717, 1.165) is 17.1 Å². The number of anilines is 1. The number of carbonyl (C=O) groups is 1. The summed E-state index contributed by atoms with van der Waals surface area (Å²) in [5.41, 5.74) is 0.929. The van der Waals surface area contributed by atoms with Gasteiger partial charge in [-0.3, -0.25) is 4.79 Å². The van der Waals surface area contributed by atoms with E-state index in [1.807, 2.05) is 35.0 Å². The molecule has 1 aromatic heterocycles. The Hall–Kier alpha value is -2.30. The van der Waals surface area contributed by atoms with Crippen molar-refractivity contribution in [3.63, 3.8) is 0 Å². The molecule has 0 radical (unpaired) electrons. The third-order valence-corrected chi connectivity index (χ3v) is 4.13. The first-order chi connectivity index (χ1) is 10.7. The van der Waals surface area contributed by atoms with Crippen LogP contribution in [0.15, 0.2) is 36.5 Å². The molecule has 1 saturated carbocycles. The highest BCUT2D eigenvalue weighted by molar-refractivity contribution is 5.91. The number of hydrogen-bond donors (Lipinski definition) is 1. The van der Waals surface area contributed by atoms with E-state index >= 15 is 0 Å². The lowest BCUT2D eigenvalue weighted by molar-refractivity contribution is -0.115. The summed E-state index contributed by atoms with van der Waals surface area (Å²) in [6.07, 6.45) is 4.55. The Kier molecular flexibility index (Phi) is 4.13. The van der Waals surface area contributed by atoms with Crippen molar-refractivity contribution in [2.45, 2.75) is 32.2 Å². The van der Waals surface area contributed by atoms with Gasteiger partial charge in [-0.15, -0.1) is 0 Å². The van der Waals surface area contributed by atoms with Gasteiger partial charge in [0.25, 0.3) is 0 Å². The molecule has 0 aliphatic heterocycles. The smallest absolute Gasteiger partial charge is 0.229 e. The van der Waals surface area contributed by atoms with Crippen molar-refractivity contribution in [2.24, 2.45) is 5.92 Å². The van der Waals surface area contributed by atoms with Crippen molar-refractivity contribution in [2.75, 3.05) is 12.4 Å². The summed E-state index contributed by atoms with van der Waals surface area (Å²) in [5.74, 6) is 2.18. The molecule has 0 spiro atoms. The first kappa shape index (κ1) is 14.6. The van der Waals surface area contributed by atoms with E-state index in [1.54, 1.807) is 13.3 Å². The predicted molar refractivity (Wildman–Crippen MR) is 85.0 cm³/mol. The Labute approximate surface area is 130 Å². The van der Waals surface area contributed by atoms with E-state index in [-0.39, 0.29) is 5.91 Å². The summed E-state index contributed by atoms with van der Waals surface area (Å²) in [6.45, 7) is 2.16. The lowest BCUT2D eigenvalue weighted by atomic mass is 10.1. The van der Waals surface area contributed by atoms with Gasteiger partial charge in [0, 0.05) is 6.07 Å². The van der Waals surface area contributed by atoms with Gasteiger partial charge in [0.2, 0.25) is 5.91 Å². The maximum atomic E-state index is 12.2. The quantitative estimate of drug-likeness (QED) is 0.892. The van der Waals surface area contributed by atoms with Crippen LogP contribution >= 0.6 is 0 Å². The van der Waals surface area contributed by atoms with Gasteiger partial charge in [-0.2, -0.15) is 5.10 Å². The summed E-state index contributed by atoms with van der Waals surface area (Å²) in [6, 6.07) is 9.74. The third-order valence-electron chi connectivity index (χ3n) is 4.13. The van der Waals surface area contributed by atoms with Gasteiger partial charge in [-0.1, -0.05) is 12.1 Å². The highest BCUT2D eigenvalue weighted by atomic mass is 16.5. The molecule has 1 atom stereocenters. The summed E-state index contributed by atoms with van der Waals surface area (Å²) < 4.78 is 7.10. The molecule has 1 amide bonds. The number of carbonyl (C=O) groups excluding carboxylic acids is 1. The van der Waals surface area contributed by atoms with Gasteiger partial charge in [0.1, 0.15) is 11.6 Å². The fourth-order valence-electron chi connectivity index (χ4n) is 2.67. The van der Waals surface area contributed by atoms with Gasteiger partial charge in [0.15, 0.2) is 0 Å². The van der Waals surface area contributed by atoms with Gasteiger partial charge >= 0.3 is 0 Å². The van der Waals surface area contributed by atoms with Crippen molar-refractivity contribution in [1.29, 1.82) is 0 Å². The van der Waals surface area contributed by atoms with Crippen LogP contribution in [0.5, 0.6) is 5.75 Å². The van der Waals surface area contributed by atoms with E-state index in [9.17, 15) is 4.79 Å². The highest BCUT2D eigenvalue weighted by Crippen LogP contribution is 2.40. The number of methoxy groups -OCH3 is 1. The van der Waals surface area contributed by atoms with Gasteiger partial charge in [-0.05, 0) is 43.4 Å². The lowest BCUT2D eigenvalue weighted by Gasteiger charge is -2.15. The molecule has 1 N–H and O–H groups in total. The first-order valence-electron chi connectivity index (χ1n) is 7.63. The van der Waals surface area contributed by atoms with Crippen LogP contribution < -0.4 is 10.1 Å². The molecule has 1 aromatic carbocycles. The Bertz CT molecular complexity index is 661. The molecular weight excluding hydrogens is 278 g/mol. The topological polar surface area (TPSA) is 56.1 Å². The number of nitrogens with zero attached hydrogens (tertiary/aromatic N) is 2. The Morgan fingerprint density at radius 2 is 2.27 bits per heavy atom. The van der Waals surface area contributed by atoms with E-state index in [2.05, 4.69) is 17.3 Å². The second-order valence-electron chi connectivity index (χ2n) is 5.82. The summed E-state index contributed by atoms with van der Waals surface area (Å²) >= 11 is 0. The largest absolute Gasteiger partial charge is 0.497 e. The van der Waals surface area contributed by atoms with E-state index in [0.29, 0.717) is 18.4 Å². The molecule has 0 saturated heterocycles. The fraction of sp³-hybridized carbons (Fsp3) is 0.412. The SMILES string of the molecule is COc1cccc(CC(=O)Nc2ccnn2C(C)C2CC2)c1. The van der Waals surface area contributed by atoms with Crippen LogP contribution in [0, 0.1) is 5.92 Å². The number of nitrogens with one attached hydrogen (secondary N) is 1. The molecule has 1 fully saturated rings. The van der Waals surface area contributed by atoms with Crippen LogP contribution in [-0.4, -0.2) is 22.8 Å². The van der Waals surface area contributed by atoms with Crippen LogP contribution in [0.1, 0.15) is 31.4 Å². The Morgan fingerprint density at radius 1 is 1.45 bits per heavy atom. The molecule has 3 rings (SSSR count). The maximum absolute atomic E-state index is 12.2. The molecule has 1 aliphatic carbocycles. The predicted octanol–water partition coefficient (Wildman–Crippen LogP) is 3.04. The van der Waals surface area contributed by atoms with Gasteiger partial charge in [-0.25, -0.2) is 4.68 Å². The summed E-state index contributed by atoms with van der Waals surface area (Å²) in [4.78, 5) is 12.2. The molecule has 116 valence electrons. The lowest BCUT2D eigenvalue weighted by Crippen LogP contribution is -2.19. The Morgan fingerprint density at radius 3 is 3.00 bits per heavy atom. The van der Waals surface area contributed by atoms with Gasteiger partial charge in [0.05, 0.1) is 25.8 Å². The second kappa shape index (κ2) is 6.22. The number of aromatic nitrogens is 2. The zero-order chi connectivity index (χ0) is 15.5. The highest BCUT2D eigenvalue weighted by Gasteiger charge is 2.30. The minimum Gasteiger partial charge on any atom is -0.497 e. The molecule has 1 unspecified atom stereocenters. The number of amides is 1. The van der Waals surface area contributed by atoms with Gasteiger partial charge < -0.3 is 10.1 Å². The molecule has 2 aromatic rings. The molecule has 1 aliphatic rings. The summed E-state index contributed by atoms with van der Waals surface area (Å²) in [7, 11) is 1.62. The molecule has 1 heterocycles. The van der Waals surface area contributed by atoms with Crippen molar-refractivity contribution < 1.29 is 9.53 Å². The molecule has 5 nitrogen and oxygen atoms in total. The number of benzene rings is 1. The standard InChI is InChI=1S/C17H21N3O2/c1-12(14-6-7-14)20-16(8-9-18-20)19-17(21)11-13-4-3-5-15(10-13)22-2/h3-5,8-10,12,14H,6-7,11H2,1-2H3,(H,19,21). The Balaban J connectivity index is 1.65. The van der Waals surface area contributed by atoms with Crippen LogP contribution in [0.4, 0.5) is 5.82 Å². The van der Waals surface area contributed by atoms with Crippen molar-refractivity contribution in [3.05, 3.63) is 42.1 Å². The molecule has 0 bridgehead atoms. The van der Waals surface area contributed by atoms with E-state index < -0.39 is 0 Å². The minimum absolute atomic E-state index is 0.0435. The van der Waals surface area contributed by atoms with Crippen LogP contribution in [0.3, 0.4) is 0 Å². The van der Waals surface area contributed by atoms with Crippen LogP contribution in [0.25, 0.3) is 0 Å². The molecular formula is C17H21N3O2. The van der Waals surface area contributed by atoms with E-state index in [1.165, 1.54) is 12.8 Å². The van der Waals surface area contributed by atoms with Crippen molar-refractivity contribution in [1.82, 2.24) is 9.78 Å². The zero-order valence-corrected chi connectivity index (χ0v) is 13.0.